The first-order valence-corrected chi connectivity index (χ1v) is 8.85. The standard InChI is InChI=1S/C11H23O3PS/c1-4-13-15(12,14-5-2)11(16-3)9-7-6-8-10-11/h4-10H2,1-3H3. The highest BCUT2D eigenvalue weighted by Crippen LogP contribution is 2.69. The van der Waals surface area contributed by atoms with Crippen molar-refractivity contribution in [1.82, 2.24) is 0 Å². The minimum Gasteiger partial charge on any atom is -0.308 e. The van der Waals surface area contributed by atoms with Crippen LogP contribution in [0.3, 0.4) is 0 Å². The second kappa shape index (κ2) is 6.44. The lowest BCUT2D eigenvalue weighted by molar-refractivity contribution is 0.200. The second-order valence-corrected chi connectivity index (χ2v) is 7.90. The van der Waals surface area contributed by atoms with Crippen LogP contribution in [0.1, 0.15) is 46.0 Å². The van der Waals surface area contributed by atoms with Gasteiger partial charge in [-0.25, -0.2) is 0 Å². The summed E-state index contributed by atoms with van der Waals surface area (Å²) in [4.78, 5) is 0. The molecule has 0 bridgehead atoms. The van der Waals surface area contributed by atoms with Crippen molar-refractivity contribution in [2.75, 3.05) is 19.5 Å². The SMILES string of the molecule is CCOP(=O)(OCC)C1(SC)CCCCC1. The van der Waals surface area contributed by atoms with E-state index in [0.29, 0.717) is 13.2 Å². The van der Waals surface area contributed by atoms with E-state index in [4.69, 9.17) is 9.05 Å². The summed E-state index contributed by atoms with van der Waals surface area (Å²) in [5.41, 5.74) is 0. The Morgan fingerprint density at radius 2 is 1.62 bits per heavy atom. The predicted octanol–water partition coefficient (Wildman–Crippen LogP) is 4.28. The first kappa shape index (κ1) is 14.6. The Bertz CT molecular complexity index is 242. The van der Waals surface area contributed by atoms with Gasteiger partial charge in [0, 0.05) is 0 Å². The lowest BCUT2D eigenvalue weighted by Crippen LogP contribution is -2.29. The van der Waals surface area contributed by atoms with E-state index in [1.54, 1.807) is 11.8 Å². The van der Waals surface area contributed by atoms with Crippen molar-refractivity contribution in [2.45, 2.75) is 50.4 Å². The number of hydrogen-bond donors (Lipinski definition) is 0. The Hall–Kier alpha value is 0.500. The van der Waals surface area contributed by atoms with E-state index in [1.165, 1.54) is 6.42 Å². The molecular formula is C11H23O3PS. The molecule has 0 atom stereocenters. The van der Waals surface area contributed by atoms with Crippen LogP contribution < -0.4 is 0 Å². The van der Waals surface area contributed by atoms with Crippen LogP contribution in [0.4, 0.5) is 0 Å². The second-order valence-electron chi connectivity index (χ2n) is 4.04. The molecule has 1 rings (SSSR count). The highest BCUT2D eigenvalue weighted by Gasteiger charge is 2.50. The predicted molar refractivity (Wildman–Crippen MR) is 70.2 cm³/mol. The molecule has 0 N–H and O–H groups in total. The molecule has 1 saturated carbocycles. The van der Waals surface area contributed by atoms with Gasteiger partial charge in [-0.2, -0.15) is 0 Å². The van der Waals surface area contributed by atoms with Crippen LogP contribution in [0, 0.1) is 0 Å². The Kier molecular flexibility index (Phi) is 5.86. The van der Waals surface area contributed by atoms with Gasteiger partial charge in [-0.05, 0) is 32.9 Å². The molecule has 0 amide bonds. The lowest BCUT2D eigenvalue weighted by atomic mass is 10.00. The molecule has 0 aromatic heterocycles. The van der Waals surface area contributed by atoms with Gasteiger partial charge in [-0.3, -0.25) is 4.57 Å². The normalized spacial score (nSPS) is 20.9. The highest BCUT2D eigenvalue weighted by molar-refractivity contribution is 8.06. The fourth-order valence-corrected chi connectivity index (χ4v) is 6.30. The molecule has 0 aliphatic heterocycles. The summed E-state index contributed by atoms with van der Waals surface area (Å²) in [6, 6.07) is 0. The summed E-state index contributed by atoms with van der Waals surface area (Å²) in [5.74, 6) is 0. The Morgan fingerprint density at radius 3 is 2.00 bits per heavy atom. The van der Waals surface area contributed by atoms with Gasteiger partial charge in [-0.1, -0.05) is 19.3 Å². The summed E-state index contributed by atoms with van der Waals surface area (Å²) >= 11 is 1.67. The van der Waals surface area contributed by atoms with E-state index in [-0.39, 0.29) is 4.49 Å². The van der Waals surface area contributed by atoms with E-state index in [2.05, 4.69) is 0 Å². The van der Waals surface area contributed by atoms with Crippen molar-refractivity contribution in [3.05, 3.63) is 0 Å². The Morgan fingerprint density at radius 1 is 1.12 bits per heavy atom. The van der Waals surface area contributed by atoms with Crippen molar-refractivity contribution < 1.29 is 13.6 Å². The molecule has 1 fully saturated rings. The topological polar surface area (TPSA) is 35.5 Å². The molecule has 3 nitrogen and oxygen atoms in total. The lowest BCUT2D eigenvalue weighted by Gasteiger charge is -2.40. The molecule has 0 saturated heterocycles. The quantitative estimate of drug-likeness (QED) is 0.672. The summed E-state index contributed by atoms with van der Waals surface area (Å²) < 4.78 is 23.6. The molecule has 0 unspecified atom stereocenters. The van der Waals surface area contributed by atoms with Crippen molar-refractivity contribution in [2.24, 2.45) is 0 Å². The summed E-state index contributed by atoms with van der Waals surface area (Å²) in [5, 5.41) is 0. The van der Waals surface area contributed by atoms with Gasteiger partial charge < -0.3 is 9.05 Å². The zero-order chi connectivity index (χ0) is 12.1. The fourth-order valence-electron chi connectivity index (χ4n) is 2.31. The molecule has 0 radical (unpaired) electrons. The molecule has 16 heavy (non-hydrogen) atoms. The van der Waals surface area contributed by atoms with Crippen molar-refractivity contribution >= 4 is 19.4 Å². The van der Waals surface area contributed by atoms with Gasteiger partial charge in [0.05, 0.1) is 13.2 Å². The third-order valence-electron chi connectivity index (χ3n) is 3.11. The molecule has 0 heterocycles. The van der Waals surface area contributed by atoms with Crippen LogP contribution >= 0.6 is 19.4 Å². The zero-order valence-electron chi connectivity index (χ0n) is 10.5. The van der Waals surface area contributed by atoms with Crippen LogP contribution in [-0.4, -0.2) is 24.0 Å². The smallest absolute Gasteiger partial charge is 0.308 e. The number of hydrogen-bond acceptors (Lipinski definition) is 4. The maximum Gasteiger partial charge on any atom is 0.346 e. The van der Waals surface area contributed by atoms with Gasteiger partial charge in [-0.15, -0.1) is 11.8 Å². The molecule has 0 aromatic rings. The first-order valence-electron chi connectivity index (χ1n) is 6.08. The van der Waals surface area contributed by atoms with E-state index >= 15 is 0 Å². The highest BCUT2D eigenvalue weighted by atomic mass is 32.2. The summed E-state index contributed by atoms with van der Waals surface area (Å²) in [6.07, 6.45) is 7.42. The average molecular weight is 266 g/mol. The Labute approximate surface area is 103 Å². The molecule has 0 aromatic carbocycles. The van der Waals surface area contributed by atoms with Crippen LogP contribution in [0.5, 0.6) is 0 Å². The van der Waals surface area contributed by atoms with E-state index in [1.807, 2.05) is 20.1 Å². The fraction of sp³-hybridized carbons (Fsp3) is 1.00. The van der Waals surface area contributed by atoms with Crippen molar-refractivity contribution in [3.8, 4) is 0 Å². The maximum absolute atomic E-state index is 12.9. The summed E-state index contributed by atoms with van der Waals surface area (Å²) in [7, 11) is -2.96. The van der Waals surface area contributed by atoms with E-state index in [0.717, 1.165) is 25.7 Å². The van der Waals surface area contributed by atoms with Crippen LogP contribution in [0.2, 0.25) is 0 Å². The Balaban J connectivity index is 2.91. The number of thioether (sulfide) groups is 1. The third kappa shape index (κ3) is 2.84. The van der Waals surface area contributed by atoms with Gasteiger partial charge in [0.15, 0.2) is 0 Å². The summed E-state index contributed by atoms with van der Waals surface area (Å²) in [6.45, 7) is 4.67. The van der Waals surface area contributed by atoms with Gasteiger partial charge >= 0.3 is 7.60 Å². The molecule has 1 aliphatic rings. The average Bonchev–Trinajstić information content (AvgIpc) is 2.30. The minimum absolute atomic E-state index is 0.294. The maximum atomic E-state index is 12.9. The third-order valence-corrected chi connectivity index (χ3v) is 8.14. The monoisotopic (exact) mass is 266 g/mol. The first-order chi connectivity index (χ1) is 7.64. The minimum atomic E-state index is -2.96. The van der Waals surface area contributed by atoms with Gasteiger partial charge in [0.25, 0.3) is 0 Å². The van der Waals surface area contributed by atoms with Crippen molar-refractivity contribution in [1.29, 1.82) is 0 Å². The van der Waals surface area contributed by atoms with Crippen LogP contribution in [0.15, 0.2) is 0 Å². The largest absolute Gasteiger partial charge is 0.346 e. The molecular weight excluding hydrogens is 243 g/mol. The van der Waals surface area contributed by atoms with Crippen molar-refractivity contribution in [3.63, 3.8) is 0 Å². The number of rotatable bonds is 6. The van der Waals surface area contributed by atoms with Crippen LogP contribution in [0.25, 0.3) is 0 Å². The van der Waals surface area contributed by atoms with Gasteiger partial charge in [0.2, 0.25) is 0 Å². The van der Waals surface area contributed by atoms with E-state index < -0.39 is 7.60 Å². The van der Waals surface area contributed by atoms with Gasteiger partial charge in [0.1, 0.15) is 4.49 Å². The molecule has 5 heteroatoms. The van der Waals surface area contributed by atoms with E-state index in [9.17, 15) is 4.57 Å². The molecule has 0 spiro atoms. The molecule has 1 aliphatic carbocycles. The zero-order valence-corrected chi connectivity index (χ0v) is 12.2. The van der Waals surface area contributed by atoms with Crippen LogP contribution in [-0.2, 0) is 13.6 Å². The molecule has 96 valence electrons.